The first-order chi connectivity index (χ1) is 28.6. The number of Topliss-reactive ketones (excluding diaryl/α,β-unsaturated/α-hetero) is 1. The van der Waals surface area contributed by atoms with Gasteiger partial charge in [-0.05, 0) is 93.1 Å². The van der Waals surface area contributed by atoms with E-state index in [1.165, 1.54) is 25.4 Å². The number of likely N-dealkylation sites (tertiary alicyclic amines) is 2. The molecule has 2 aromatic heterocycles. The predicted octanol–water partition coefficient (Wildman–Crippen LogP) is 4.08. The Bertz CT molecular complexity index is 2410. The summed E-state index contributed by atoms with van der Waals surface area (Å²) in [5, 5.41) is 5.83. The number of hydrogen-bond donors (Lipinski definition) is 4. The van der Waals surface area contributed by atoms with Crippen LogP contribution in [0, 0.1) is 29.5 Å². The number of allylic oxidation sites excluding steroid dienone is 4. The van der Waals surface area contributed by atoms with E-state index < -0.39 is 57.0 Å². The van der Waals surface area contributed by atoms with Gasteiger partial charge in [0.2, 0.25) is 23.4 Å². The van der Waals surface area contributed by atoms with Crippen molar-refractivity contribution in [3.05, 3.63) is 83.3 Å². The molecule has 1 aliphatic carbocycles. The molecule has 3 atom stereocenters. The maximum absolute atomic E-state index is 17.5. The van der Waals surface area contributed by atoms with E-state index in [0.717, 1.165) is 16.5 Å². The Labute approximate surface area is 346 Å². The zero-order chi connectivity index (χ0) is 42.8. The van der Waals surface area contributed by atoms with Crippen molar-refractivity contribution < 1.29 is 40.8 Å². The molecule has 18 heteroatoms. The highest BCUT2D eigenvalue weighted by atomic mass is 32.2. The summed E-state index contributed by atoms with van der Waals surface area (Å²) in [6, 6.07) is 7.31. The molecule has 3 amide bonds. The van der Waals surface area contributed by atoms with Gasteiger partial charge in [-0.3, -0.25) is 34.1 Å². The summed E-state index contributed by atoms with van der Waals surface area (Å²) in [5.41, 5.74) is -2.27. The molecule has 0 saturated carbocycles. The normalized spacial score (nSPS) is 23.4. The lowest BCUT2D eigenvalue weighted by Gasteiger charge is -2.35. The molecule has 4 aliphatic rings. The van der Waals surface area contributed by atoms with Crippen molar-refractivity contribution in [3.8, 4) is 11.8 Å². The lowest BCUT2D eigenvalue weighted by atomic mass is 9.77. The maximum Gasteiger partial charge on any atom is 0.301 e. The number of aromatic nitrogens is 2. The Morgan fingerprint density at radius 3 is 2.48 bits per heavy atom. The van der Waals surface area contributed by atoms with Crippen molar-refractivity contribution in [1.82, 2.24) is 34.1 Å². The second-order valence-electron chi connectivity index (χ2n) is 15.7. The molecular weight excluding hydrogens is 802 g/mol. The number of halogens is 3. The molecule has 0 radical (unpaired) electrons. The van der Waals surface area contributed by atoms with Gasteiger partial charge in [0.25, 0.3) is 0 Å². The van der Waals surface area contributed by atoms with E-state index in [1.54, 1.807) is 36.2 Å². The van der Waals surface area contributed by atoms with Crippen molar-refractivity contribution in [3.63, 3.8) is 0 Å². The molecule has 5 heterocycles. The average molecular weight is 849 g/mol. The Balaban J connectivity index is 0.965. The van der Waals surface area contributed by atoms with Crippen LogP contribution in [0.5, 0.6) is 0 Å². The number of amides is 3. The molecule has 14 nitrogen and oxygen atoms in total. The van der Waals surface area contributed by atoms with Crippen LogP contribution in [0.3, 0.4) is 0 Å². The highest BCUT2D eigenvalue weighted by molar-refractivity contribution is 7.87. The first-order valence-corrected chi connectivity index (χ1v) is 21.5. The summed E-state index contributed by atoms with van der Waals surface area (Å²) < 4.78 is 77.7. The predicted molar refractivity (Wildman–Crippen MR) is 217 cm³/mol. The number of fused-ring (bicyclic) bond motifs is 1. The van der Waals surface area contributed by atoms with Crippen molar-refractivity contribution in [2.75, 3.05) is 51.6 Å². The van der Waals surface area contributed by atoms with E-state index in [1.807, 2.05) is 4.90 Å². The van der Waals surface area contributed by atoms with Crippen LogP contribution in [0.1, 0.15) is 67.3 Å². The minimum atomic E-state index is -4.29. The number of benzene rings is 1. The Morgan fingerprint density at radius 2 is 1.78 bits per heavy atom. The van der Waals surface area contributed by atoms with E-state index in [2.05, 4.69) is 37.2 Å². The van der Waals surface area contributed by atoms with Crippen LogP contribution in [-0.4, -0.2) is 114 Å². The van der Waals surface area contributed by atoms with Crippen LogP contribution >= 0.6 is 0 Å². The fourth-order valence-electron chi connectivity index (χ4n) is 8.06. The molecule has 3 aliphatic heterocycles. The second-order valence-corrected chi connectivity index (χ2v) is 17.4. The van der Waals surface area contributed by atoms with Crippen LogP contribution in [-0.2, 0) is 24.6 Å². The number of nitrogens with zero attached hydrogens (tertiary/aromatic N) is 4. The number of anilines is 1. The van der Waals surface area contributed by atoms with Gasteiger partial charge < -0.3 is 15.2 Å². The highest BCUT2D eigenvalue weighted by Gasteiger charge is 2.52. The van der Waals surface area contributed by atoms with Crippen molar-refractivity contribution in [2.45, 2.75) is 63.1 Å². The SMILES string of the molecule is CCN(C)S(=O)(=O)NC1=CC=C(F)C(C(=O)c2cnc3[nH]ccc3c2)C1(F)C#CC1CCN(C(=O)CN2CCC(c3ccc(NC4CCC(=O)NC4=O)cc3F)CC2)CC1. The summed E-state index contributed by atoms with van der Waals surface area (Å²) in [5.74, 6) is -0.559. The third kappa shape index (κ3) is 9.13. The van der Waals surface area contributed by atoms with E-state index in [9.17, 15) is 27.6 Å². The number of pyridine rings is 1. The first-order valence-electron chi connectivity index (χ1n) is 20.1. The molecule has 3 aromatic rings. The number of carbonyl (C=O) groups is 4. The third-order valence-corrected chi connectivity index (χ3v) is 13.3. The average Bonchev–Trinajstić information content (AvgIpc) is 3.71. The molecule has 0 spiro atoms. The summed E-state index contributed by atoms with van der Waals surface area (Å²) in [4.78, 5) is 61.6. The fraction of sp³-hybridized carbons (Fsp3) is 0.452. The lowest BCUT2D eigenvalue weighted by Crippen LogP contribution is -2.49. The topological polar surface area (TPSA) is 177 Å². The van der Waals surface area contributed by atoms with E-state index >= 15 is 13.2 Å². The number of piperidine rings is 3. The molecule has 3 fully saturated rings. The monoisotopic (exact) mass is 848 g/mol. The van der Waals surface area contributed by atoms with Crippen LogP contribution in [0.4, 0.5) is 18.9 Å². The van der Waals surface area contributed by atoms with Gasteiger partial charge in [0.15, 0.2) is 5.78 Å². The van der Waals surface area contributed by atoms with E-state index in [-0.39, 0.29) is 48.6 Å². The molecule has 318 valence electrons. The van der Waals surface area contributed by atoms with E-state index in [0.29, 0.717) is 80.6 Å². The van der Waals surface area contributed by atoms with E-state index in [4.69, 9.17) is 0 Å². The zero-order valence-corrected chi connectivity index (χ0v) is 34.1. The molecule has 7 rings (SSSR count). The summed E-state index contributed by atoms with van der Waals surface area (Å²) in [6.07, 6.45) is 7.20. The van der Waals surface area contributed by atoms with Gasteiger partial charge in [-0.2, -0.15) is 12.7 Å². The number of carbonyl (C=O) groups excluding carboxylic acids is 4. The molecular formula is C42H47F3N8O6S. The standard InChI is InChI=1S/C42H47F3N8O6S/c1-3-51(2)60(58,59)50-35-8-6-32(43)38(39(56)29-22-28-11-17-46-40(28)47-24-29)42(35,45)16-10-26-12-20-53(21-13-26)37(55)25-52-18-14-27(15-19-52)31-5-4-30(23-33(31)44)48-34-7-9-36(54)49-41(34)57/h4-6,8,11,17,22-24,26-27,34,38,48,50H,3,7,9,12-15,18-21,25H2,1-2H3,(H,46,47)(H,49,54,57). The number of alkyl halides is 1. The number of imide groups is 1. The molecule has 0 bridgehead atoms. The van der Waals surface area contributed by atoms with Gasteiger partial charge in [-0.1, -0.05) is 24.8 Å². The molecule has 3 saturated heterocycles. The largest absolute Gasteiger partial charge is 0.374 e. The molecule has 1 aromatic carbocycles. The quantitative estimate of drug-likeness (QED) is 0.126. The third-order valence-electron chi connectivity index (χ3n) is 11.8. The molecule has 60 heavy (non-hydrogen) atoms. The van der Waals surface area contributed by atoms with Crippen LogP contribution in [0.15, 0.2) is 66.4 Å². The summed E-state index contributed by atoms with van der Waals surface area (Å²) >= 11 is 0. The van der Waals surface area contributed by atoms with Gasteiger partial charge in [-0.25, -0.2) is 18.2 Å². The van der Waals surface area contributed by atoms with Crippen LogP contribution in [0.25, 0.3) is 11.0 Å². The number of H-pyrrole nitrogens is 1. The number of ketones is 1. The highest BCUT2D eigenvalue weighted by Crippen LogP contribution is 2.41. The smallest absolute Gasteiger partial charge is 0.301 e. The van der Waals surface area contributed by atoms with Gasteiger partial charge in [0, 0.05) is 68.1 Å². The minimum Gasteiger partial charge on any atom is -0.374 e. The molecule has 3 unspecified atom stereocenters. The van der Waals surface area contributed by atoms with Gasteiger partial charge in [-0.15, -0.1) is 0 Å². The van der Waals surface area contributed by atoms with Crippen LogP contribution in [0.2, 0.25) is 0 Å². The number of nitrogens with one attached hydrogen (secondary N) is 4. The fourth-order valence-corrected chi connectivity index (χ4v) is 9.05. The number of rotatable bonds is 11. The molecule has 4 N–H and O–H groups in total. The Hall–Kier alpha value is -5.51. The van der Waals surface area contributed by atoms with Crippen LogP contribution < -0.4 is 15.4 Å². The second kappa shape index (κ2) is 17.6. The van der Waals surface area contributed by atoms with Gasteiger partial charge >= 0.3 is 10.2 Å². The van der Waals surface area contributed by atoms with Gasteiger partial charge in [0.1, 0.15) is 29.3 Å². The van der Waals surface area contributed by atoms with Crippen molar-refractivity contribution in [2.24, 2.45) is 11.8 Å². The maximum atomic E-state index is 17.5. The summed E-state index contributed by atoms with van der Waals surface area (Å²) in [6.45, 7) is 3.64. The number of aromatic amines is 1. The Morgan fingerprint density at radius 1 is 1.03 bits per heavy atom. The summed E-state index contributed by atoms with van der Waals surface area (Å²) in [7, 11) is -3.00. The van der Waals surface area contributed by atoms with Crippen molar-refractivity contribution >= 4 is 50.4 Å². The zero-order valence-electron chi connectivity index (χ0n) is 33.3. The first kappa shape index (κ1) is 42.6. The minimum absolute atomic E-state index is 0.0464. The Kier molecular flexibility index (Phi) is 12.5. The van der Waals surface area contributed by atoms with Gasteiger partial charge in [0.05, 0.1) is 12.2 Å². The van der Waals surface area contributed by atoms with Crippen molar-refractivity contribution in [1.29, 1.82) is 0 Å². The lowest BCUT2D eigenvalue weighted by molar-refractivity contribution is -0.134. The number of hydrogen-bond acceptors (Lipinski definition) is 9.